The third-order valence-corrected chi connectivity index (χ3v) is 4.79. The molecule has 1 N–H and O–H groups in total. The summed E-state index contributed by atoms with van der Waals surface area (Å²) in [5.74, 6) is -1.29. The maximum atomic E-state index is 12.4. The highest BCUT2D eigenvalue weighted by Gasteiger charge is 2.39. The van der Waals surface area contributed by atoms with Crippen LogP contribution in [0.1, 0.15) is 23.9 Å². The lowest BCUT2D eigenvalue weighted by Gasteiger charge is -2.28. The number of rotatable bonds is 3. The van der Waals surface area contributed by atoms with Crippen LogP contribution in [0.2, 0.25) is 0 Å². The van der Waals surface area contributed by atoms with E-state index in [4.69, 9.17) is 5.11 Å². The van der Waals surface area contributed by atoms with Crippen LogP contribution >= 0.6 is 11.3 Å². The van der Waals surface area contributed by atoms with Crippen molar-refractivity contribution in [2.75, 3.05) is 13.6 Å². The van der Waals surface area contributed by atoms with Gasteiger partial charge in [-0.2, -0.15) is 0 Å². The molecule has 0 aromatic carbocycles. The molecule has 20 heavy (non-hydrogen) atoms. The molecule has 2 amide bonds. The van der Waals surface area contributed by atoms with Gasteiger partial charge in [0.15, 0.2) is 0 Å². The Balaban J connectivity index is 2.01. The van der Waals surface area contributed by atoms with Crippen molar-refractivity contribution in [1.82, 2.24) is 14.8 Å². The van der Waals surface area contributed by atoms with Gasteiger partial charge in [0.25, 0.3) is 0 Å². The second-order valence-electron chi connectivity index (χ2n) is 5.17. The molecule has 1 saturated heterocycles. The number of nitrogens with zero attached hydrogens (tertiary/aromatic N) is 3. The molecule has 1 aliphatic heterocycles. The van der Waals surface area contributed by atoms with E-state index in [0.717, 1.165) is 10.6 Å². The van der Waals surface area contributed by atoms with Crippen molar-refractivity contribution in [2.24, 2.45) is 5.92 Å². The van der Waals surface area contributed by atoms with Crippen LogP contribution in [0.5, 0.6) is 0 Å². The first-order valence-corrected chi connectivity index (χ1v) is 7.43. The number of carboxylic acid groups (broad SMARTS) is 1. The molecule has 110 valence electrons. The molecule has 2 unspecified atom stereocenters. The average Bonchev–Trinajstić information content (AvgIpc) is 2.95. The fourth-order valence-electron chi connectivity index (χ4n) is 2.52. The van der Waals surface area contributed by atoms with Gasteiger partial charge >= 0.3 is 12.0 Å². The first kappa shape index (κ1) is 14.8. The van der Waals surface area contributed by atoms with Gasteiger partial charge in [0.05, 0.1) is 23.7 Å². The van der Waals surface area contributed by atoms with Crippen LogP contribution < -0.4 is 0 Å². The maximum absolute atomic E-state index is 12.4. The van der Waals surface area contributed by atoms with Crippen molar-refractivity contribution >= 4 is 23.3 Å². The average molecular weight is 297 g/mol. The lowest BCUT2D eigenvalue weighted by Crippen LogP contribution is -2.44. The van der Waals surface area contributed by atoms with Gasteiger partial charge in [-0.15, -0.1) is 11.3 Å². The highest BCUT2D eigenvalue weighted by Crippen LogP contribution is 2.26. The minimum atomic E-state index is -0.825. The molecule has 0 saturated carbocycles. The van der Waals surface area contributed by atoms with Gasteiger partial charge < -0.3 is 14.9 Å². The summed E-state index contributed by atoms with van der Waals surface area (Å²) in [5.41, 5.74) is 2.70. The quantitative estimate of drug-likeness (QED) is 0.923. The van der Waals surface area contributed by atoms with Crippen LogP contribution in [-0.2, 0) is 11.3 Å². The Morgan fingerprint density at radius 2 is 2.30 bits per heavy atom. The van der Waals surface area contributed by atoms with E-state index in [9.17, 15) is 9.59 Å². The van der Waals surface area contributed by atoms with E-state index in [-0.39, 0.29) is 12.1 Å². The number of hydrogen-bond acceptors (Lipinski definition) is 4. The van der Waals surface area contributed by atoms with Gasteiger partial charge in [-0.1, -0.05) is 0 Å². The molecule has 1 aromatic rings. The monoisotopic (exact) mass is 297 g/mol. The zero-order valence-electron chi connectivity index (χ0n) is 11.9. The van der Waals surface area contributed by atoms with Crippen LogP contribution in [0.25, 0.3) is 0 Å². The summed E-state index contributed by atoms with van der Waals surface area (Å²) in [5, 5.41) is 9.11. The predicted molar refractivity (Wildman–Crippen MR) is 75.6 cm³/mol. The van der Waals surface area contributed by atoms with E-state index in [1.807, 2.05) is 6.92 Å². The lowest BCUT2D eigenvalue weighted by molar-refractivity contribution is -0.142. The molecule has 1 fully saturated rings. The largest absolute Gasteiger partial charge is 0.481 e. The number of likely N-dealkylation sites (tertiary alicyclic amines) is 1. The Hall–Kier alpha value is -1.63. The predicted octanol–water partition coefficient (Wildman–Crippen LogP) is 1.80. The third kappa shape index (κ3) is 2.77. The minimum Gasteiger partial charge on any atom is -0.481 e. The normalized spacial score (nSPS) is 22.1. The number of amides is 2. The van der Waals surface area contributed by atoms with Gasteiger partial charge in [0.1, 0.15) is 0 Å². The number of carboxylic acids is 1. The third-order valence-electron chi connectivity index (χ3n) is 3.87. The number of aromatic nitrogens is 1. The van der Waals surface area contributed by atoms with Crippen LogP contribution in [0.3, 0.4) is 0 Å². The molecule has 2 rings (SSSR count). The summed E-state index contributed by atoms with van der Waals surface area (Å²) < 4.78 is 0. The fourth-order valence-corrected chi connectivity index (χ4v) is 3.35. The summed E-state index contributed by atoms with van der Waals surface area (Å²) in [4.78, 5) is 32.0. The summed E-state index contributed by atoms with van der Waals surface area (Å²) >= 11 is 1.53. The SMILES string of the molecule is Cc1ncsc1CN(C)C(=O)N1CCC(C(=O)O)C1C. The summed E-state index contributed by atoms with van der Waals surface area (Å²) in [6.07, 6.45) is 0.523. The van der Waals surface area contributed by atoms with E-state index in [1.165, 1.54) is 11.3 Å². The zero-order chi connectivity index (χ0) is 14.9. The number of hydrogen-bond donors (Lipinski definition) is 1. The van der Waals surface area contributed by atoms with Crippen molar-refractivity contribution < 1.29 is 14.7 Å². The molecule has 0 spiro atoms. The van der Waals surface area contributed by atoms with Crippen LogP contribution in [0.4, 0.5) is 4.79 Å². The van der Waals surface area contributed by atoms with Gasteiger partial charge in [0.2, 0.25) is 0 Å². The first-order chi connectivity index (χ1) is 9.41. The number of carbonyl (C=O) groups is 2. The lowest BCUT2D eigenvalue weighted by atomic mass is 10.0. The number of thiazole rings is 1. The molecular weight excluding hydrogens is 278 g/mol. The zero-order valence-corrected chi connectivity index (χ0v) is 12.7. The van der Waals surface area contributed by atoms with Crippen molar-refractivity contribution in [3.05, 3.63) is 16.1 Å². The topological polar surface area (TPSA) is 73.7 Å². The van der Waals surface area contributed by atoms with E-state index < -0.39 is 11.9 Å². The minimum absolute atomic E-state index is 0.117. The van der Waals surface area contributed by atoms with Gasteiger partial charge in [-0.3, -0.25) is 4.79 Å². The highest BCUT2D eigenvalue weighted by molar-refractivity contribution is 7.09. The maximum Gasteiger partial charge on any atom is 0.320 e. The summed E-state index contributed by atoms with van der Waals surface area (Å²) in [6, 6.07) is -0.376. The van der Waals surface area contributed by atoms with Crippen LogP contribution in [0, 0.1) is 12.8 Å². The van der Waals surface area contributed by atoms with Crippen molar-refractivity contribution in [2.45, 2.75) is 32.9 Å². The van der Waals surface area contributed by atoms with Gasteiger partial charge in [0, 0.05) is 24.5 Å². The summed E-state index contributed by atoms with van der Waals surface area (Å²) in [6.45, 7) is 4.73. The number of aryl methyl sites for hydroxylation is 1. The van der Waals surface area contributed by atoms with Crippen LogP contribution in [-0.4, -0.2) is 51.5 Å². The van der Waals surface area contributed by atoms with Gasteiger partial charge in [-0.25, -0.2) is 9.78 Å². The molecule has 0 radical (unpaired) electrons. The smallest absolute Gasteiger partial charge is 0.320 e. The number of urea groups is 1. The molecule has 2 heterocycles. The van der Waals surface area contributed by atoms with Crippen LogP contribution in [0.15, 0.2) is 5.51 Å². The number of carbonyl (C=O) groups excluding carboxylic acids is 1. The molecule has 2 atom stereocenters. The molecule has 1 aromatic heterocycles. The van der Waals surface area contributed by atoms with E-state index >= 15 is 0 Å². The molecule has 7 heteroatoms. The highest BCUT2D eigenvalue weighted by atomic mass is 32.1. The Labute approximate surface area is 122 Å². The molecule has 0 bridgehead atoms. The molecule has 1 aliphatic rings. The second-order valence-corrected chi connectivity index (χ2v) is 6.11. The number of aliphatic carboxylic acids is 1. The van der Waals surface area contributed by atoms with Crippen molar-refractivity contribution in [1.29, 1.82) is 0 Å². The Kier molecular flexibility index (Phi) is 4.27. The fraction of sp³-hybridized carbons (Fsp3) is 0.615. The Morgan fingerprint density at radius 1 is 1.60 bits per heavy atom. The Morgan fingerprint density at radius 3 is 2.80 bits per heavy atom. The van der Waals surface area contributed by atoms with Crippen molar-refractivity contribution in [3.8, 4) is 0 Å². The Bertz CT molecular complexity index is 517. The standard InChI is InChI=1S/C13H19N3O3S/c1-8-11(20-7-14-8)6-15(3)13(19)16-5-4-10(9(16)2)12(17)18/h7,9-10H,4-6H2,1-3H3,(H,17,18). The van der Waals surface area contributed by atoms with Crippen molar-refractivity contribution in [3.63, 3.8) is 0 Å². The molecule has 6 nitrogen and oxygen atoms in total. The first-order valence-electron chi connectivity index (χ1n) is 6.55. The summed E-state index contributed by atoms with van der Waals surface area (Å²) in [7, 11) is 1.74. The second kappa shape index (κ2) is 5.78. The molecular formula is C13H19N3O3S. The van der Waals surface area contributed by atoms with Gasteiger partial charge in [-0.05, 0) is 20.3 Å². The van der Waals surface area contributed by atoms with E-state index in [1.54, 1.807) is 29.3 Å². The molecule has 0 aliphatic carbocycles. The van der Waals surface area contributed by atoms with E-state index in [2.05, 4.69) is 4.98 Å². The van der Waals surface area contributed by atoms with E-state index in [0.29, 0.717) is 19.5 Å².